The molecule has 1 fully saturated rings. The quantitative estimate of drug-likeness (QED) is 0.0178. The molecule has 1 saturated carbocycles. The summed E-state index contributed by atoms with van der Waals surface area (Å²) < 4.78 is 34.3. The summed E-state index contributed by atoms with van der Waals surface area (Å²) in [5, 5.41) is 20.8. The highest BCUT2D eigenvalue weighted by atomic mass is 31.2. The van der Waals surface area contributed by atoms with Crippen LogP contribution in [0.1, 0.15) is 174 Å². The van der Waals surface area contributed by atoms with E-state index < -0.39 is 44.7 Å². The van der Waals surface area contributed by atoms with Crippen molar-refractivity contribution < 1.29 is 57.1 Å². The Morgan fingerprint density at radius 1 is 0.780 bits per heavy atom. The minimum atomic E-state index is -4.44. The van der Waals surface area contributed by atoms with Crippen LogP contribution in [-0.4, -0.2) is 103 Å². The van der Waals surface area contributed by atoms with Crippen molar-refractivity contribution in [1.82, 2.24) is 0 Å². The van der Waals surface area contributed by atoms with Crippen LogP contribution in [-0.2, 0) is 37.5 Å². The first kappa shape index (κ1) is 55.1. The molecule has 0 bridgehead atoms. The molecule has 0 aromatic carbocycles. The molecular formula is C46H85NO11P+. The van der Waals surface area contributed by atoms with E-state index in [2.05, 4.69) is 26.0 Å². The molecule has 0 amide bonds. The molecule has 0 heterocycles. The maximum Gasteiger partial charge on any atom is 0.472 e. The third-order valence-electron chi connectivity index (χ3n) is 10.8. The number of phosphoric ester groups is 1. The summed E-state index contributed by atoms with van der Waals surface area (Å²) >= 11 is 0. The van der Waals surface area contributed by atoms with Crippen LogP contribution in [0.2, 0.25) is 0 Å². The number of unbranched alkanes of at least 4 members (excludes halogenated alkanes) is 16. The highest BCUT2D eigenvalue weighted by Gasteiger charge is 2.39. The van der Waals surface area contributed by atoms with Crippen molar-refractivity contribution in [2.24, 2.45) is 11.8 Å². The van der Waals surface area contributed by atoms with Gasteiger partial charge in [-0.05, 0) is 51.4 Å². The van der Waals surface area contributed by atoms with Crippen LogP contribution in [0, 0.1) is 11.8 Å². The van der Waals surface area contributed by atoms with Crippen molar-refractivity contribution in [1.29, 1.82) is 0 Å². The maximum atomic E-state index is 12.8. The van der Waals surface area contributed by atoms with E-state index in [1.807, 2.05) is 27.2 Å². The molecule has 344 valence electrons. The third kappa shape index (κ3) is 30.7. The van der Waals surface area contributed by atoms with Gasteiger partial charge in [0.25, 0.3) is 0 Å². The number of nitrogens with zero attached hydrogens (tertiary/aromatic N) is 1. The number of carbonyl (C=O) groups excluding carboxylic acids is 3. The Hall–Kier alpha value is -1.92. The smallest absolute Gasteiger partial charge is 0.462 e. The molecule has 13 heteroatoms. The van der Waals surface area contributed by atoms with Crippen LogP contribution < -0.4 is 0 Å². The predicted molar refractivity (Wildman–Crippen MR) is 235 cm³/mol. The van der Waals surface area contributed by atoms with Gasteiger partial charge in [-0.25, -0.2) is 4.57 Å². The van der Waals surface area contributed by atoms with Gasteiger partial charge in [-0.3, -0.25) is 23.4 Å². The van der Waals surface area contributed by atoms with Crippen molar-refractivity contribution >= 4 is 25.5 Å². The summed E-state index contributed by atoms with van der Waals surface area (Å²) in [5.41, 5.74) is 0. The van der Waals surface area contributed by atoms with Gasteiger partial charge < -0.3 is 29.1 Å². The van der Waals surface area contributed by atoms with Crippen molar-refractivity contribution in [2.75, 3.05) is 47.5 Å². The number of ketones is 1. The van der Waals surface area contributed by atoms with Gasteiger partial charge in [-0.15, -0.1) is 0 Å². The highest BCUT2D eigenvalue weighted by molar-refractivity contribution is 7.47. The minimum Gasteiger partial charge on any atom is -0.462 e. The Morgan fingerprint density at radius 3 is 1.97 bits per heavy atom. The lowest BCUT2D eigenvalue weighted by Gasteiger charge is -2.24. The molecule has 0 aliphatic heterocycles. The molecule has 59 heavy (non-hydrogen) atoms. The van der Waals surface area contributed by atoms with E-state index in [9.17, 15) is 34.1 Å². The molecule has 3 N–H and O–H groups in total. The van der Waals surface area contributed by atoms with Crippen molar-refractivity contribution in [3.05, 3.63) is 24.3 Å². The van der Waals surface area contributed by atoms with E-state index in [4.69, 9.17) is 18.5 Å². The van der Waals surface area contributed by atoms with Crippen LogP contribution in [0.25, 0.3) is 0 Å². The SMILES string of the molecule is CCCCCC/C=C\CCCCCCCCCC(=O)OC[C@H](COP(=O)(O)OCC[N+](C)(C)C)OC(=O)CCCCCC[C@H]1C(=O)C[C@@H](O)[C@@H]1/C=C/[C@@H](O)CCCCC. The fourth-order valence-electron chi connectivity index (χ4n) is 7.14. The van der Waals surface area contributed by atoms with E-state index in [-0.39, 0.29) is 50.1 Å². The number of carbonyl (C=O) groups is 3. The van der Waals surface area contributed by atoms with E-state index in [0.29, 0.717) is 43.1 Å². The number of ether oxygens (including phenoxy) is 2. The Morgan fingerprint density at radius 2 is 1.34 bits per heavy atom. The van der Waals surface area contributed by atoms with E-state index in [0.717, 1.165) is 57.8 Å². The van der Waals surface area contributed by atoms with Gasteiger partial charge in [-0.2, -0.15) is 0 Å². The van der Waals surface area contributed by atoms with Gasteiger partial charge in [-0.1, -0.05) is 128 Å². The first-order valence-corrected chi connectivity index (χ1v) is 24.7. The Balaban J connectivity index is 2.46. The molecule has 0 spiro atoms. The topological polar surface area (TPSA) is 166 Å². The molecule has 1 aliphatic carbocycles. The van der Waals surface area contributed by atoms with Gasteiger partial charge in [0, 0.05) is 31.1 Å². The number of phosphoric acid groups is 1. The highest BCUT2D eigenvalue weighted by Crippen LogP contribution is 2.43. The number of esters is 2. The predicted octanol–water partition coefficient (Wildman–Crippen LogP) is 9.72. The lowest BCUT2D eigenvalue weighted by Crippen LogP contribution is -2.37. The van der Waals surface area contributed by atoms with Crippen LogP contribution in [0.4, 0.5) is 0 Å². The van der Waals surface area contributed by atoms with Gasteiger partial charge in [0.1, 0.15) is 25.5 Å². The zero-order valence-corrected chi connectivity index (χ0v) is 38.6. The number of likely N-dealkylation sites (N-methyl/N-ethyl adjacent to an activating group) is 1. The number of aliphatic hydroxyl groups is 2. The van der Waals surface area contributed by atoms with Crippen molar-refractivity contribution in [2.45, 2.75) is 193 Å². The fraction of sp³-hybridized carbons (Fsp3) is 0.848. The second-order valence-electron chi connectivity index (χ2n) is 17.6. The molecule has 0 radical (unpaired) electrons. The van der Waals surface area contributed by atoms with Crippen LogP contribution in [0.3, 0.4) is 0 Å². The number of hydrogen-bond acceptors (Lipinski definition) is 10. The molecule has 1 rings (SSSR count). The average Bonchev–Trinajstić information content (AvgIpc) is 3.44. The lowest BCUT2D eigenvalue weighted by molar-refractivity contribution is -0.870. The molecule has 1 aliphatic rings. The monoisotopic (exact) mass is 859 g/mol. The summed E-state index contributed by atoms with van der Waals surface area (Å²) in [6, 6.07) is 0. The van der Waals surface area contributed by atoms with E-state index in [1.54, 1.807) is 6.08 Å². The van der Waals surface area contributed by atoms with Crippen LogP contribution >= 0.6 is 7.82 Å². The van der Waals surface area contributed by atoms with Gasteiger partial charge >= 0.3 is 19.8 Å². The Bertz CT molecular complexity index is 1220. The third-order valence-corrected chi connectivity index (χ3v) is 11.8. The largest absolute Gasteiger partial charge is 0.472 e. The molecule has 0 aromatic rings. The molecule has 1 unspecified atom stereocenters. The second-order valence-corrected chi connectivity index (χ2v) is 19.0. The Kier molecular flexibility index (Phi) is 31.4. The molecule has 6 atom stereocenters. The van der Waals surface area contributed by atoms with Crippen molar-refractivity contribution in [3.63, 3.8) is 0 Å². The van der Waals surface area contributed by atoms with E-state index in [1.165, 1.54) is 51.4 Å². The summed E-state index contributed by atoms with van der Waals surface area (Å²) in [7, 11) is 1.33. The normalized spacial score (nSPS) is 19.4. The van der Waals surface area contributed by atoms with Gasteiger partial charge in [0.15, 0.2) is 6.10 Å². The number of hydrogen-bond donors (Lipinski definition) is 3. The maximum absolute atomic E-state index is 12.8. The standard InChI is InChI=1S/C46H84NO11P/c1-6-8-10-11-12-13-14-15-16-17-18-19-20-21-26-30-45(51)55-37-40(38-57-59(53,54)56-35-34-47(3,4)5)58-46(52)31-27-23-22-25-29-41-42(44(50)36-43(41)49)33-32-39(48)28-24-9-7-2/h13-14,32-33,39-42,44,48,50H,6-12,15-31,34-38H2,1-5H3/p+1/b14-13-,33-32+/t39-,40+,41+,42+,44+/m0/s1. The van der Waals surface area contributed by atoms with Crippen LogP contribution in [0.5, 0.6) is 0 Å². The summed E-state index contributed by atoms with van der Waals surface area (Å²) in [5.74, 6) is -1.50. The zero-order chi connectivity index (χ0) is 43.8. The molecular weight excluding hydrogens is 773 g/mol. The number of Topliss-reactive ketones (excluding diaryl/α,β-unsaturated/α-hetero) is 1. The minimum absolute atomic E-state index is 0.0115. The average molecular weight is 859 g/mol. The fourth-order valence-corrected chi connectivity index (χ4v) is 7.88. The lowest BCUT2D eigenvalue weighted by atomic mass is 9.88. The number of quaternary nitrogens is 1. The molecule has 12 nitrogen and oxygen atoms in total. The van der Waals surface area contributed by atoms with Gasteiger partial charge in [0.2, 0.25) is 0 Å². The number of aliphatic hydroxyl groups excluding tert-OH is 2. The zero-order valence-electron chi connectivity index (χ0n) is 37.7. The van der Waals surface area contributed by atoms with Gasteiger partial charge in [0.05, 0.1) is 40.0 Å². The molecule has 0 saturated heterocycles. The first-order valence-electron chi connectivity index (χ1n) is 23.2. The summed E-state index contributed by atoms with van der Waals surface area (Å²) in [6.45, 7) is 4.03. The molecule has 0 aromatic heterocycles. The van der Waals surface area contributed by atoms with Crippen molar-refractivity contribution in [3.8, 4) is 0 Å². The summed E-state index contributed by atoms with van der Waals surface area (Å²) in [4.78, 5) is 48.2. The Labute approximate surface area is 358 Å². The van der Waals surface area contributed by atoms with E-state index >= 15 is 0 Å². The first-order chi connectivity index (χ1) is 28.2. The second kappa shape index (κ2) is 33.7. The van der Waals surface area contributed by atoms with Crippen LogP contribution in [0.15, 0.2) is 24.3 Å². The summed E-state index contributed by atoms with van der Waals surface area (Å²) in [6.07, 6.45) is 28.3. The number of allylic oxidation sites excluding steroid dienone is 2. The number of rotatable bonds is 38.